The topological polar surface area (TPSA) is 111 Å². The molecule has 48 heavy (non-hydrogen) atoms. The second-order valence-corrected chi connectivity index (χ2v) is 11.9. The van der Waals surface area contributed by atoms with E-state index in [2.05, 4.69) is 41.8 Å². The van der Waals surface area contributed by atoms with E-state index in [1.54, 1.807) is 30.6 Å². The van der Waals surface area contributed by atoms with E-state index >= 15 is 0 Å². The molecule has 0 atom stereocenters. The molecule has 0 saturated carbocycles. The van der Waals surface area contributed by atoms with Crippen molar-refractivity contribution in [1.29, 1.82) is 0 Å². The number of benzene rings is 4. The number of halogens is 6. The van der Waals surface area contributed by atoms with Gasteiger partial charge in [0.05, 0.1) is 11.0 Å². The van der Waals surface area contributed by atoms with Crippen molar-refractivity contribution < 1.29 is 39.6 Å². The van der Waals surface area contributed by atoms with Gasteiger partial charge in [0.15, 0.2) is 29.1 Å². The third-order valence-electron chi connectivity index (χ3n) is 6.62. The summed E-state index contributed by atoms with van der Waals surface area (Å²) in [6.07, 6.45) is 3.44. The molecule has 0 bridgehead atoms. The van der Waals surface area contributed by atoms with E-state index in [1.165, 1.54) is 18.2 Å². The fourth-order valence-corrected chi connectivity index (χ4v) is 5.06. The Bertz CT molecular complexity index is 2250. The van der Waals surface area contributed by atoms with Gasteiger partial charge >= 0.3 is 22.5 Å². The van der Waals surface area contributed by atoms with Crippen molar-refractivity contribution in [2.75, 3.05) is 0 Å². The van der Waals surface area contributed by atoms with Gasteiger partial charge in [-0.1, -0.05) is 6.07 Å². The van der Waals surface area contributed by atoms with Crippen molar-refractivity contribution in [3.63, 3.8) is 0 Å². The molecule has 6 aromatic rings. The number of aromatic nitrogens is 2. The van der Waals surface area contributed by atoms with E-state index in [1.807, 2.05) is 18.2 Å². The molecule has 0 fully saturated rings. The second kappa shape index (κ2) is 16.6. The summed E-state index contributed by atoms with van der Waals surface area (Å²) in [6, 6.07) is 19.6. The first-order valence-electron chi connectivity index (χ1n) is 13.4. The number of hydrogen-bond donors (Lipinski definition) is 0. The Balaban J connectivity index is 0.000000201. The number of ketones is 3. The average molecular weight is 849 g/mol. The summed E-state index contributed by atoms with van der Waals surface area (Å²) >= 11 is 5.01. The maximum atomic E-state index is 13.2. The van der Waals surface area contributed by atoms with Gasteiger partial charge in [-0.15, -0.1) is 0 Å². The molecule has 7 nitrogen and oxygen atoms in total. The minimum atomic E-state index is -1.62. The van der Waals surface area contributed by atoms with Gasteiger partial charge < -0.3 is 0 Å². The zero-order valence-electron chi connectivity index (χ0n) is 24.1. The van der Waals surface area contributed by atoms with Crippen LogP contribution in [0.2, 0.25) is 0 Å². The van der Waals surface area contributed by atoms with Crippen LogP contribution < -0.4 is 0 Å². The standard InChI is InChI=1S/C17H8BrF2NO2.C17H10BrF2NO.O2Se/c18-12-6-11-5-9(2-4-15(11)21-8-12)16(22)17(23)10-1-3-13(19)14(20)7-10;18-13-7-12-5-10(1-4-16(12)21-9-13)6-17(22)11-2-3-14(19)15(20)8-11;1-3-2/h1-8H;1-5,7-9H,6H2;. The molecular formula is C34H18Br2F4N2O5Se. The van der Waals surface area contributed by atoms with Crippen molar-refractivity contribution in [3.8, 4) is 0 Å². The fraction of sp³-hybridized carbons (Fsp3) is 0.0294. The molecule has 14 heteroatoms. The van der Waals surface area contributed by atoms with Gasteiger partial charge in [0.1, 0.15) is 0 Å². The van der Waals surface area contributed by atoms with Crippen molar-refractivity contribution in [1.82, 2.24) is 9.97 Å². The van der Waals surface area contributed by atoms with E-state index in [0.717, 1.165) is 55.7 Å². The van der Waals surface area contributed by atoms with E-state index in [4.69, 9.17) is 7.67 Å². The molecule has 0 amide bonds. The van der Waals surface area contributed by atoms with Crippen LogP contribution in [0.4, 0.5) is 17.6 Å². The van der Waals surface area contributed by atoms with Gasteiger partial charge in [0, 0.05) is 55.2 Å². The monoisotopic (exact) mass is 848 g/mol. The quantitative estimate of drug-likeness (QED) is 0.0717. The van der Waals surface area contributed by atoms with Crippen molar-refractivity contribution in [2.24, 2.45) is 0 Å². The molecule has 242 valence electrons. The summed E-state index contributed by atoms with van der Waals surface area (Å²) in [5.41, 5.74) is 2.42. The summed E-state index contributed by atoms with van der Waals surface area (Å²) in [7, 11) is 0. The molecule has 0 aliphatic rings. The van der Waals surface area contributed by atoms with Crippen LogP contribution in [0.3, 0.4) is 0 Å². The Labute approximate surface area is 292 Å². The number of pyridine rings is 2. The zero-order valence-corrected chi connectivity index (χ0v) is 28.9. The van der Waals surface area contributed by atoms with Crippen LogP contribution in [-0.2, 0) is 14.1 Å². The second-order valence-electron chi connectivity index (χ2n) is 9.83. The molecule has 0 N–H and O–H groups in total. The van der Waals surface area contributed by atoms with Crippen LogP contribution >= 0.6 is 31.9 Å². The van der Waals surface area contributed by atoms with Crippen LogP contribution in [0.25, 0.3) is 21.8 Å². The Morgan fingerprint density at radius 3 is 1.54 bits per heavy atom. The third kappa shape index (κ3) is 9.32. The molecule has 0 aliphatic heterocycles. The maximum absolute atomic E-state index is 13.2. The molecule has 0 radical (unpaired) electrons. The molecule has 6 rings (SSSR count). The summed E-state index contributed by atoms with van der Waals surface area (Å²) in [6.45, 7) is 0. The Morgan fingerprint density at radius 1 is 0.562 bits per heavy atom. The molecule has 2 heterocycles. The Morgan fingerprint density at radius 2 is 1.00 bits per heavy atom. The zero-order chi connectivity index (χ0) is 35.0. The first kappa shape index (κ1) is 36.3. The van der Waals surface area contributed by atoms with E-state index in [0.29, 0.717) is 10.9 Å². The predicted octanol–water partition coefficient (Wildman–Crippen LogP) is 8.42. The number of Topliss-reactive ketones (excluding diaryl/α,β-unsaturated/α-hetero) is 3. The van der Waals surface area contributed by atoms with Crippen LogP contribution in [-0.4, -0.2) is 42.1 Å². The minimum absolute atomic E-state index is 0.119. The predicted molar refractivity (Wildman–Crippen MR) is 175 cm³/mol. The van der Waals surface area contributed by atoms with Gasteiger partial charge in [0.2, 0.25) is 11.6 Å². The summed E-state index contributed by atoms with van der Waals surface area (Å²) in [5, 5.41) is 1.59. The first-order valence-corrected chi connectivity index (χ1v) is 16.4. The summed E-state index contributed by atoms with van der Waals surface area (Å²) < 4.78 is 70.7. The molecular weight excluding hydrogens is 831 g/mol. The van der Waals surface area contributed by atoms with Crippen LogP contribution in [0.5, 0.6) is 0 Å². The third-order valence-corrected chi connectivity index (χ3v) is 7.48. The average Bonchev–Trinajstić information content (AvgIpc) is 3.06. The molecule has 0 unspecified atom stereocenters. The molecule has 0 spiro atoms. The number of rotatable bonds is 6. The number of nitrogens with zero attached hydrogens (tertiary/aromatic N) is 2. The van der Waals surface area contributed by atoms with Crippen LogP contribution in [0.1, 0.15) is 36.6 Å². The van der Waals surface area contributed by atoms with Crippen molar-refractivity contribution in [2.45, 2.75) is 6.42 Å². The molecule has 0 saturated heterocycles. The van der Waals surface area contributed by atoms with Crippen LogP contribution in [0, 0.1) is 23.3 Å². The number of fused-ring (bicyclic) bond motifs is 2. The van der Waals surface area contributed by atoms with Crippen LogP contribution in [0.15, 0.2) is 106 Å². The number of carbonyl (C=O) groups is 3. The SMILES string of the molecule is O=C(C(=O)c1ccc2ncc(Br)cc2c1)c1ccc(F)c(F)c1.O=C(Cc1ccc2ncc(Br)cc2c1)c1ccc(F)c(F)c1.O=[Se]=O. The number of carbonyl (C=O) groups excluding carboxylic acids is 3. The molecule has 4 aromatic carbocycles. The molecule has 0 aliphatic carbocycles. The van der Waals surface area contributed by atoms with E-state index < -0.39 is 49.7 Å². The number of hydrogen-bond acceptors (Lipinski definition) is 7. The van der Waals surface area contributed by atoms with Gasteiger partial charge in [-0.2, -0.15) is 0 Å². The van der Waals surface area contributed by atoms with E-state index in [9.17, 15) is 31.9 Å². The van der Waals surface area contributed by atoms with Gasteiger partial charge in [-0.05, 0) is 116 Å². The first-order chi connectivity index (χ1) is 22.9. The van der Waals surface area contributed by atoms with E-state index in [-0.39, 0.29) is 28.9 Å². The Kier molecular flexibility index (Phi) is 12.5. The van der Waals surface area contributed by atoms with Crippen molar-refractivity contribution in [3.05, 3.63) is 152 Å². The van der Waals surface area contributed by atoms with Gasteiger partial charge in [-0.3, -0.25) is 24.4 Å². The Hall–Kier alpha value is -4.49. The molecule has 2 aromatic heterocycles. The fourth-order valence-electron chi connectivity index (χ4n) is 4.37. The van der Waals surface area contributed by atoms with Gasteiger partial charge in [0.25, 0.3) is 0 Å². The summed E-state index contributed by atoms with van der Waals surface area (Å²) in [5.74, 6) is -6.17. The summed E-state index contributed by atoms with van der Waals surface area (Å²) in [4.78, 5) is 45.0. The van der Waals surface area contributed by atoms with Gasteiger partial charge in [-0.25, -0.2) is 17.6 Å². The normalized spacial score (nSPS) is 10.4. The van der Waals surface area contributed by atoms with Crippen molar-refractivity contribution >= 4 is 85.8 Å².